The highest BCUT2D eigenvalue weighted by molar-refractivity contribution is 5.97. The normalized spacial score (nSPS) is 20.4. The lowest BCUT2D eigenvalue weighted by atomic mass is 10.0. The molecule has 8 nitrogen and oxygen atoms in total. The molecule has 2 aromatic heterocycles. The van der Waals surface area contributed by atoms with Crippen LogP contribution in [0.3, 0.4) is 0 Å². The number of aromatic nitrogens is 3. The summed E-state index contributed by atoms with van der Waals surface area (Å²) < 4.78 is 7.70. The van der Waals surface area contributed by atoms with Crippen molar-refractivity contribution < 1.29 is 9.53 Å². The zero-order chi connectivity index (χ0) is 23.8. The Morgan fingerprint density at radius 1 is 1.09 bits per heavy atom. The van der Waals surface area contributed by atoms with Crippen LogP contribution < -0.4 is 16.0 Å². The summed E-state index contributed by atoms with van der Waals surface area (Å²) in [4.78, 5) is 17.6. The van der Waals surface area contributed by atoms with Gasteiger partial charge in [0.05, 0.1) is 12.3 Å². The number of nitrogens with one attached hydrogen (secondary N) is 3. The second kappa shape index (κ2) is 9.49. The first-order chi connectivity index (χ1) is 17.1. The van der Waals surface area contributed by atoms with Crippen molar-refractivity contribution in [2.75, 3.05) is 23.8 Å². The van der Waals surface area contributed by atoms with E-state index in [1.807, 2.05) is 29.8 Å². The first-order valence-corrected chi connectivity index (χ1v) is 13.1. The van der Waals surface area contributed by atoms with Gasteiger partial charge in [-0.2, -0.15) is 9.61 Å². The van der Waals surface area contributed by atoms with Crippen molar-refractivity contribution in [3.8, 4) is 11.1 Å². The molecule has 1 aromatic carbocycles. The standard InChI is InChI=1S/C27H34N6O2/c1-17-13-18(8-11-22(17)27(34)31-20-9-10-20)23-16-29-33-25(28-15-21-7-4-12-35-21)14-24(32-26(23)33)30-19-5-2-3-6-19/h8,11,13-14,16,19-21,28H,2-7,9-10,12,15H2,1H3,(H,30,32)(H,31,34)/t21-/m1/s1. The minimum absolute atomic E-state index is 0.0122. The van der Waals surface area contributed by atoms with E-state index in [1.54, 1.807) is 0 Å². The van der Waals surface area contributed by atoms with E-state index in [1.165, 1.54) is 25.7 Å². The van der Waals surface area contributed by atoms with Crippen LogP contribution in [0.5, 0.6) is 0 Å². The second-order valence-electron chi connectivity index (χ2n) is 10.2. The lowest BCUT2D eigenvalue weighted by Crippen LogP contribution is -2.26. The van der Waals surface area contributed by atoms with Gasteiger partial charge in [0.1, 0.15) is 11.6 Å². The number of rotatable bonds is 8. The summed E-state index contributed by atoms with van der Waals surface area (Å²) in [6, 6.07) is 8.86. The van der Waals surface area contributed by atoms with Crippen LogP contribution in [0.2, 0.25) is 0 Å². The molecule has 0 radical (unpaired) electrons. The fraction of sp³-hybridized carbons (Fsp3) is 0.519. The maximum absolute atomic E-state index is 12.6. The van der Waals surface area contributed by atoms with Crippen LogP contribution >= 0.6 is 0 Å². The number of benzene rings is 1. The molecule has 6 rings (SSSR count). The Balaban J connectivity index is 1.32. The van der Waals surface area contributed by atoms with E-state index in [2.05, 4.69) is 28.1 Å². The maximum Gasteiger partial charge on any atom is 0.251 e. The lowest BCUT2D eigenvalue weighted by Gasteiger charge is -2.17. The predicted molar refractivity (Wildman–Crippen MR) is 137 cm³/mol. The van der Waals surface area contributed by atoms with Crippen molar-refractivity contribution in [2.24, 2.45) is 0 Å². The van der Waals surface area contributed by atoms with Crippen molar-refractivity contribution in [2.45, 2.75) is 76.5 Å². The monoisotopic (exact) mass is 474 g/mol. The van der Waals surface area contributed by atoms with E-state index in [0.29, 0.717) is 12.1 Å². The molecule has 1 amide bonds. The first-order valence-electron chi connectivity index (χ1n) is 13.1. The van der Waals surface area contributed by atoms with Gasteiger partial charge in [-0.05, 0) is 62.6 Å². The molecule has 2 saturated carbocycles. The molecule has 3 aliphatic rings. The zero-order valence-corrected chi connectivity index (χ0v) is 20.3. The van der Waals surface area contributed by atoms with Gasteiger partial charge in [-0.15, -0.1) is 0 Å². The molecule has 3 heterocycles. The molecule has 1 saturated heterocycles. The third-order valence-electron chi connectivity index (χ3n) is 7.41. The summed E-state index contributed by atoms with van der Waals surface area (Å²) in [6.07, 6.45) is 11.4. The van der Waals surface area contributed by atoms with Gasteiger partial charge in [-0.3, -0.25) is 4.79 Å². The molecular formula is C27H34N6O2. The number of carbonyl (C=O) groups excluding carboxylic acids is 1. The molecule has 1 aliphatic heterocycles. The summed E-state index contributed by atoms with van der Waals surface area (Å²) in [6.45, 7) is 3.58. The fourth-order valence-corrected chi connectivity index (χ4v) is 5.25. The SMILES string of the molecule is Cc1cc(-c2cnn3c(NC[C@H]4CCCO4)cc(NC4CCCC4)nc23)ccc1C(=O)NC1CC1. The second-order valence-corrected chi connectivity index (χ2v) is 10.2. The van der Waals surface area contributed by atoms with Gasteiger partial charge < -0.3 is 20.7 Å². The van der Waals surface area contributed by atoms with Gasteiger partial charge in [0, 0.05) is 42.4 Å². The topological polar surface area (TPSA) is 92.6 Å². The lowest BCUT2D eigenvalue weighted by molar-refractivity contribution is 0.0950. The van der Waals surface area contributed by atoms with E-state index < -0.39 is 0 Å². The maximum atomic E-state index is 12.6. The Labute approximate surface area is 205 Å². The Morgan fingerprint density at radius 3 is 2.69 bits per heavy atom. The third kappa shape index (κ3) is 4.85. The number of ether oxygens (including phenoxy) is 1. The summed E-state index contributed by atoms with van der Waals surface area (Å²) in [7, 11) is 0. The van der Waals surface area contributed by atoms with Crippen molar-refractivity contribution >= 4 is 23.2 Å². The third-order valence-corrected chi connectivity index (χ3v) is 7.41. The van der Waals surface area contributed by atoms with Crippen molar-refractivity contribution in [1.29, 1.82) is 0 Å². The minimum atomic E-state index is 0.0122. The van der Waals surface area contributed by atoms with Gasteiger partial charge in [0.25, 0.3) is 5.91 Å². The molecule has 1 atom stereocenters. The number of fused-ring (bicyclic) bond motifs is 1. The molecular weight excluding hydrogens is 440 g/mol. The molecule has 8 heteroatoms. The summed E-state index contributed by atoms with van der Waals surface area (Å²) in [5.41, 5.74) is 4.45. The summed E-state index contributed by atoms with van der Waals surface area (Å²) in [5.74, 6) is 1.80. The first kappa shape index (κ1) is 22.3. The zero-order valence-electron chi connectivity index (χ0n) is 20.3. The molecule has 0 unspecified atom stereocenters. The van der Waals surface area contributed by atoms with E-state index in [0.717, 1.165) is 78.4 Å². The highest BCUT2D eigenvalue weighted by Gasteiger charge is 2.25. The van der Waals surface area contributed by atoms with Gasteiger partial charge in [-0.25, -0.2) is 4.98 Å². The molecule has 3 N–H and O–H groups in total. The Morgan fingerprint density at radius 2 is 1.94 bits per heavy atom. The molecule has 3 aromatic rings. The number of nitrogens with zero attached hydrogens (tertiary/aromatic N) is 3. The molecule has 35 heavy (non-hydrogen) atoms. The molecule has 2 aliphatic carbocycles. The fourth-order valence-electron chi connectivity index (χ4n) is 5.25. The number of aryl methyl sites for hydroxylation is 1. The van der Waals surface area contributed by atoms with Crippen molar-refractivity contribution in [1.82, 2.24) is 19.9 Å². The summed E-state index contributed by atoms with van der Waals surface area (Å²) >= 11 is 0. The Bertz CT molecular complexity index is 1220. The van der Waals surface area contributed by atoms with Crippen LogP contribution in [-0.4, -0.2) is 51.8 Å². The molecule has 184 valence electrons. The van der Waals surface area contributed by atoms with Gasteiger partial charge >= 0.3 is 0 Å². The highest BCUT2D eigenvalue weighted by atomic mass is 16.5. The van der Waals surface area contributed by atoms with Crippen LogP contribution in [0.1, 0.15) is 67.3 Å². The number of hydrogen-bond donors (Lipinski definition) is 3. The number of hydrogen-bond acceptors (Lipinski definition) is 6. The van der Waals surface area contributed by atoms with E-state index in [4.69, 9.17) is 14.8 Å². The van der Waals surface area contributed by atoms with Crippen LogP contribution in [0.4, 0.5) is 11.6 Å². The number of amides is 1. The van der Waals surface area contributed by atoms with Gasteiger partial charge in [-0.1, -0.05) is 25.0 Å². The Kier molecular flexibility index (Phi) is 6.06. The van der Waals surface area contributed by atoms with E-state index in [-0.39, 0.29) is 12.0 Å². The number of carbonyl (C=O) groups is 1. The largest absolute Gasteiger partial charge is 0.376 e. The van der Waals surface area contributed by atoms with E-state index in [9.17, 15) is 4.79 Å². The minimum Gasteiger partial charge on any atom is -0.376 e. The Hall–Kier alpha value is -3.13. The van der Waals surface area contributed by atoms with Crippen LogP contribution in [-0.2, 0) is 4.74 Å². The number of anilines is 2. The quantitative estimate of drug-likeness (QED) is 0.444. The van der Waals surface area contributed by atoms with Crippen LogP contribution in [0.25, 0.3) is 16.8 Å². The van der Waals surface area contributed by atoms with Crippen LogP contribution in [0, 0.1) is 6.92 Å². The van der Waals surface area contributed by atoms with Gasteiger partial charge in [0.2, 0.25) is 0 Å². The van der Waals surface area contributed by atoms with Gasteiger partial charge in [0.15, 0.2) is 5.65 Å². The van der Waals surface area contributed by atoms with Crippen molar-refractivity contribution in [3.63, 3.8) is 0 Å². The smallest absolute Gasteiger partial charge is 0.251 e. The highest BCUT2D eigenvalue weighted by Crippen LogP contribution is 2.30. The molecule has 0 bridgehead atoms. The average molecular weight is 475 g/mol. The molecule has 0 spiro atoms. The average Bonchev–Trinajstić information content (AvgIpc) is 3.26. The van der Waals surface area contributed by atoms with E-state index >= 15 is 0 Å². The van der Waals surface area contributed by atoms with Crippen LogP contribution in [0.15, 0.2) is 30.5 Å². The molecule has 3 fully saturated rings. The van der Waals surface area contributed by atoms with Crippen molar-refractivity contribution in [3.05, 3.63) is 41.6 Å². The summed E-state index contributed by atoms with van der Waals surface area (Å²) in [5, 5.41) is 15.0. The predicted octanol–water partition coefficient (Wildman–Crippen LogP) is 4.54.